The highest BCUT2D eigenvalue weighted by molar-refractivity contribution is 9.10. The average Bonchev–Trinajstić information content (AvgIpc) is 2.41. The van der Waals surface area contributed by atoms with Crippen molar-refractivity contribution in [1.82, 2.24) is 9.97 Å². The lowest BCUT2D eigenvalue weighted by Crippen LogP contribution is -2.17. The van der Waals surface area contributed by atoms with E-state index in [1.807, 2.05) is 0 Å². The SMILES string of the molecule is Cc1ccc(S(=O)(=O)Nc2cnc(Br)cn2)cc1C(N)=O. The number of hydrogen-bond acceptors (Lipinski definition) is 5. The number of nitrogens with two attached hydrogens (primary N) is 1. The van der Waals surface area contributed by atoms with Crippen molar-refractivity contribution < 1.29 is 13.2 Å². The molecular formula is C12H11BrN4O3S. The second-order valence-electron chi connectivity index (χ2n) is 4.17. The number of primary amides is 1. The lowest BCUT2D eigenvalue weighted by molar-refractivity contribution is 0.0999. The van der Waals surface area contributed by atoms with E-state index in [0.29, 0.717) is 10.2 Å². The van der Waals surface area contributed by atoms with Crippen molar-refractivity contribution in [2.75, 3.05) is 4.72 Å². The predicted molar refractivity (Wildman–Crippen MR) is 80.2 cm³/mol. The fourth-order valence-electron chi connectivity index (χ4n) is 1.60. The van der Waals surface area contributed by atoms with Crippen molar-refractivity contribution in [2.24, 2.45) is 5.73 Å². The average molecular weight is 371 g/mol. The minimum absolute atomic E-state index is 0.0689. The molecule has 2 rings (SSSR count). The molecule has 0 fully saturated rings. The number of aryl methyl sites for hydroxylation is 1. The predicted octanol–water partition coefficient (Wildman–Crippen LogP) is 1.45. The van der Waals surface area contributed by atoms with Crippen molar-refractivity contribution in [2.45, 2.75) is 11.8 Å². The normalized spacial score (nSPS) is 11.1. The number of rotatable bonds is 4. The van der Waals surface area contributed by atoms with Gasteiger partial charge in [-0.05, 0) is 40.5 Å². The van der Waals surface area contributed by atoms with Crippen LogP contribution in [0.25, 0.3) is 0 Å². The minimum Gasteiger partial charge on any atom is -0.366 e. The van der Waals surface area contributed by atoms with Crippen LogP contribution in [0.15, 0.2) is 40.1 Å². The highest BCUT2D eigenvalue weighted by atomic mass is 79.9. The van der Waals surface area contributed by atoms with E-state index in [4.69, 9.17) is 5.73 Å². The molecule has 21 heavy (non-hydrogen) atoms. The van der Waals surface area contributed by atoms with Gasteiger partial charge in [-0.15, -0.1) is 0 Å². The molecule has 0 saturated carbocycles. The summed E-state index contributed by atoms with van der Waals surface area (Å²) in [7, 11) is -3.87. The van der Waals surface area contributed by atoms with E-state index in [9.17, 15) is 13.2 Å². The summed E-state index contributed by atoms with van der Waals surface area (Å²) in [5, 5.41) is 0. The summed E-state index contributed by atoms with van der Waals surface area (Å²) in [6, 6.07) is 4.13. The molecule has 1 aromatic heterocycles. The van der Waals surface area contributed by atoms with Gasteiger partial charge in [0.25, 0.3) is 10.0 Å². The lowest BCUT2D eigenvalue weighted by Gasteiger charge is -2.09. The second-order valence-corrected chi connectivity index (χ2v) is 6.67. The van der Waals surface area contributed by atoms with E-state index in [1.165, 1.54) is 30.6 Å². The first kappa shape index (κ1) is 15.4. The van der Waals surface area contributed by atoms with Gasteiger partial charge >= 0.3 is 0 Å². The van der Waals surface area contributed by atoms with Gasteiger partial charge in [0.05, 0.1) is 17.3 Å². The first-order chi connectivity index (χ1) is 9.79. The van der Waals surface area contributed by atoms with Gasteiger partial charge in [0.1, 0.15) is 4.60 Å². The first-order valence-corrected chi connectivity index (χ1v) is 7.98. The maximum Gasteiger partial charge on any atom is 0.263 e. The zero-order valence-corrected chi connectivity index (χ0v) is 13.3. The van der Waals surface area contributed by atoms with Gasteiger partial charge in [0.2, 0.25) is 5.91 Å². The molecule has 0 bridgehead atoms. The van der Waals surface area contributed by atoms with Crippen molar-refractivity contribution in [1.29, 1.82) is 0 Å². The summed E-state index contributed by atoms with van der Waals surface area (Å²) < 4.78 is 27.2. The molecule has 0 atom stereocenters. The molecule has 0 aliphatic heterocycles. The fraction of sp³-hybridized carbons (Fsp3) is 0.0833. The lowest BCUT2D eigenvalue weighted by atomic mass is 10.1. The summed E-state index contributed by atoms with van der Waals surface area (Å²) in [6.07, 6.45) is 2.63. The molecule has 1 amide bonds. The smallest absolute Gasteiger partial charge is 0.263 e. The van der Waals surface area contributed by atoms with Crippen LogP contribution in [0.5, 0.6) is 0 Å². The number of carbonyl (C=O) groups excluding carboxylic acids is 1. The molecule has 3 N–H and O–H groups in total. The van der Waals surface area contributed by atoms with E-state index in [0.717, 1.165) is 0 Å². The van der Waals surface area contributed by atoms with Crippen molar-refractivity contribution in [3.05, 3.63) is 46.3 Å². The van der Waals surface area contributed by atoms with E-state index < -0.39 is 15.9 Å². The summed E-state index contributed by atoms with van der Waals surface area (Å²) >= 11 is 3.10. The number of benzene rings is 1. The summed E-state index contributed by atoms with van der Waals surface area (Å²) in [5.74, 6) is -0.618. The number of amides is 1. The summed E-state index contributed by atoms with van der Waals surface area (Å²) in [5.41, 5.74) is 5.97. The number of nitrogens with zero attached hydrogens (tertiary/aromatic N) is 2. The molecule has 7 nitrogen and oxygen atoms in total. The molecule has 0 aliphatic rings. The zero-order valence-electron chi connectivity index (χ0n) is 10.9. The first-order valence-electron chi connectivity index (χ1n) is 5.70. The molecule has 1 aromatic carbocycles. The van der Waals surface area contributed by atoms with E-state index in [-0.39, 0.29) is 16.3 Å². The Kier molecular flexibility index (Phi) is 4.24. The number of carbonyl (C=O) groups is 1. The summed E-state index contributed by atoms with van der Waals surface area (Å²) in [6.45, 7) is 1.67. The van der Waals surface area contributed by atoms with E-state index in [1.54, 1.807) is 6.92 Å². The van der Waals surface area contributed by atoms with Crippen molar-refractivity contribution in [3.63, 3.8) is 0 Å². The molecule has 0 radical (unpaired) electrons. The van der Waals surface area contributed by atoms with Gasteiger partial charge < -0.3 is 5.73 Å². The van der Waals surface area contributed by atoms with Crippen LogP contribution in [0.1, 0.15) is 15.9 Å². The number of halogens is 1. The van der Waals surface area contributed by atoms with Gasteiger partial charge in [0, 0.05) is 5.56 Å². The van der Waals surface area contributed by atoms with Crippen LogP contribution in [0.3, 0.4) is 0 Å². The molecule has 0 spiro atoms. The van der Waals surface area contributed by atoms with Gasteiger partial charge in [-0.1, -0.05) is 6.07 Å². The molecular weight excluding hydrogens is 360 g/mol. The maximum atomic E-state index is 12.2. The van der Waals surface area contributed by atoms with Crippen LogP contribution in [0.4, 0.5) is 5.82 Å². The van der Waals surface area contributed by atoms with Crippen molar-refractivity contribution >= 4 is 37.7 Å². The standard InChI is InChI=1S/C12H11BrN4O3S/c1-7-2-3-8(4-9(7)12(14)18)21(19,20)17-11-6-15-10(13)5-16-11/h2-6H,1H3,(H2,14,18)(H,16,17). The number of aromatic nitrogens is 2. The van der Waals surface area contributed by atoms with Crippen LogP contribution in [0, 0.1) is 6.92 Å². The van der Waals surface area contributed by atoms with Gasteiger partial charge in [-0.3, -0.25) is 9.52 Å². The Hall–Kier alpha value is -2.00. The minimum atomic E-state index is -3.87. The molecule has 0 saturated heterocycles. The van der Waals surface area contributed by atoms with Crippen LogP contribution >= 0.6 is 15.9 Å². The fourth-order valence-corrected chi connectivity index (χ4v) is 2.82. The maximum absolute atomic E-state index is 12.2. The van der Waals surface area contributed by atoms with E-state index >= 15 is 0 Å². The van der Waals surface area contributed by atoms with Crippen LogP contribution < -0.4 is 10.5 Å². The third kappa shape index (κ3) is 3.56. The number of sulfonamides is 1. The largest absolute Gasteiger partial charge is 0.366 e. The molecule has 9 heteroatoms. The zero-order chi connectivity index (χ0) is 15.6. The Balaban J connectivity index is 2.38. The van der Waals surface area contributed by atoms with E-state index in [2.05, 4.69) is 30.6 Å². The Morgan fingerprint density at radius 2 is 2.00 bits per heavy atom. The number of nitrogens with one attached hydrogen (secondary N) is 1. The Labute approximate surface area is 129 Å². The van der Waals surface area contributed by atoms with Crippen LogP contribution in [-0.2, 0) is 10.0 Å². The highest BCUT2D eigenvalue weighted by Gasteiger charge is 2.17. The molecule has 2 aromatic rings. The summed E-state index contributed by atoms with van der Waals surface area (Å²) in [4.78, 5) is 18.9. The third-order valence-corrected chi connectivity index (χ3v) is 4.41. The molecule has 0 aliphatic carbocycles. The third-order valence-electron chi connectivity index (χ3n) is 2.64. The molecule has 0 unspecified atom stereocenters. The quantitative estimate of drug-likeness (QED) is 0.844. The monoisotopic (exact) mass is 370 g/mol. The van der Waals surface area contributed by atoms with Gasteiger partial charge in [-0.2, -0.15) is 0 Å². The second kappa shape index (κ2) is 5.78. The number of hydrogen-bond donors (Lipinski definition) is 2. The Morgan fingerprint density at radius 3 is 2.57 bits per heavy atom. The highest BCUT2D eigenvalue weighted by Crippen LogP contribution is 2.18. The molecule has 110 valence electrons. The van der Waals surface area contributed by atoms with Crippen molar-refractivity contribution in [3.8, 4) is 0 Å². The van der Waals surface area contributed by atoms with Crippen LogP contribution in [-0.4, -0.2) is 24.3 Å². The Bertz CT molecular complexity index is 791. The Morgan fingerprint density at radius 1 is 1.29 bits per heavy atom. The van der Waals surface area contributed by atoms with Gasteiger partial charge in [-0.25, -0.2) is 18.4 Å². The molecule has 1 heterocycles. The van der Waals surface area contributed by atoms with Crippen LogP contribution in [0.2, 0.25) is 0 Å². The van der Waals surface area contributed by atoms with Gasteiger partial charge in [0.15, 0.2) is 5.82 Å². The topological polar surface area (TPSA) is 115 Å². The number of anilines is 1.